The Morgan fingerprint density at radius 1 is 1.08 bits per heavy atom. The van der Waals surface area contributed by atoms with Crippen molar-refractivity contribution in [2.75, 3.05) is 14.2 Å². The summed E-state index contributed by atoms with van der Waals surface area (Å²) in [4.78, 5) is 12.4. The van der Waals surface area contributed by atoms with E-state index in [0.29, 0.717) is 11.5 Å². The second kappa shape index (κ2) is 9.23. The summed E-state index contributed by atoms with van der Waals surface area (Å²) in [5.41, 5.74) is 0. The average Bonchev–Trinajstić information content (AvgIpc) is 2.89. The average molecular weight is 384 g/mol. The van der Waals surface area contributed by atoms with Crippen LogP contribution >= 0.6 is 0 Å². The van der Waals surface area contributed by atoms with E-state index in [4.69, 9.17) is 9.47 Å². The van der Waals surface area contributed by atoms with Gasteiger partial charge in [0.1, 0.15) is 0 Å². The highest BCUT2D eigenvalue weighted by Crippen LogP contribution is 2.29. The SMILES string of the molecule is COc1ccc(S(=O)(=O)N[C@H](C)C(=O)NC2CCCCCC2)cc1OC. The molecule has 1 atom stereocenters. The molecule has 1 amide bonds. The molecule has 1 aliphatic rings. The number of methoxy groups -OCH3 is 2. The lowest BCUT2D eigenvalue weighted by atomic mass is 10.1. The minimum Gasteiger partial charge on any atom is -0.493 e. The summed E-state index contributed by atoms with van der Waals surface area (Å²) >= 11 is 0. The molecule has 1 aromatic carbocycles. The third kappa shape index (κ3) is 5.35. The highest BCUT2D eigenvalue weighted by molar-refractivity contribution is 7.89. The van der Waals surface area contributed by atoms with Crippen molar-refractivity contribution in [3.05, 3.63) is 18.2 Å². The molecule has 0 spiro atoms. The minimum atomic E-state index is -3.86. The van der Waals surface area contributed by atoms with Gasteiger partial charge in [-0.15, -0.1) is 0 Å². The molecule has 7 nitrogen and oxygen atoms in total. The topological polar surface area (TPSA) is 93.7 Å². The van der Waals surface area contributed by atoms with Gasteiger partial charge in [0, 0.05) is 12.1 Å². The van der Waals surface area contributed by atoms with E-state index in [1.807, 2.05) is 0 Å². The van der Waals surface area contributed by atoms with E-state index in [-0.39, 0.29) is 16.8 Å². The maximum atomic E-state index is 12.6. The molecule has 2 rings (SSSR count). The van der Waals surface area contributed by atoms with Gasteiger partial charge in [-0.3, -0.25) is 4.79 Å². The fourth-order valence-corrected chi connectivity index (χ4v) is 4.31. The number of hydrogen-bond acceptors (Lipinski definition) is 5. The van der Waals surface area contributed by atoms with E-state index in [0.717, 1.165) is 25.7 Å². The normalized spacial score (nSPS) is 17.2. The standard InChI is InChI=1S/C18H28N2O5S/c1-13(18(21)19-14-8-6-4-5-7-9-14)20-26(22,23)15-10-11-16(24-2)17(12-15)25-3/h10-14,20H,4-9H2,1-3H3,(H,19,21)/t13-/m1/s1. The van der Waals surface area contributed by atoms with Gasteiger partial charge in [-0.2, -0.15) is 4.72 Å². The van der Waals surface area contributed by atoms with Crippen LogP contribution in [0.25, 0.3) is 0 Å². The van der Waals surface area contributed by atoms with Crippen LogP contribution in [0, 0.1) is 0 Å². The molecule has 146 valence electrons. The van der Waals surface area contributed by atoms with Crippen LogP contribution in [0.5, 0.6) is 11.5 Å². The zero-order valence-electron chi connectivity index (χ0n) is 15.6. The Labute approximate surface area is 155 Å². The lowest BCUT2D eigenvalue weighted by Gasteiger charge is -2.20. The summed E-state index contributed by atoms with van der Waals surface area (Å²) in [6.07, 6.45) is 6.46. The molecule has 1 aliphatic carbocycles. The zero-order valence-corrected chi connectivity index (χ0v) is 16.4. The largest absolute Gasteiger partial charge is 0.493 e. The molecule has 1 aromatic rings. The van der Waals surface area contributed by atoms with Crippen molar-refractivity contribution in [3.8, 4) is 11.5 Å². The van der Waals surface area contributed by atoms with Gasteiger partial charge in [0.05, 0.1) is 25.2 Å². The first kappa shape index (κ1) is 20.5. The number of ether oxygens (including phenoxy) is 2. The van der Waals surface area contributed by atoms with Gasteiger partial charge in [0.2, 0.25) is 15.9 Å². The maximum Gasteiger partial charge on any atom is 0.241 e. The molecular weight excluding hydrogens is 356 g/mol. The zero-order chi connectivity index (χ0) is 19.2. The second-order valence-electron chi connectivity index (χ2n) is 6.56. The molecule has 1 saturated carbocycles. The predicted octanol–water partition coefficient (Wildman–Crippen LogP) is 2.21. The lowest BCUT2D eigenvalue weighted by Crippen LogP contribution is -2.47. The van der Waals surface area contributed by atoms with Crippen LogP contribution in [0.1, 0.15) is 45.4 Å². The van der Waals surface area contributed by atoms with Gasteiger partial charge < -0.3 is 14.8 Å². The molecule has 2 N–H and O–H groups in total. The van der Waals surface area contributed by atoms with Crippen molar-refractivity contribution in [2.45, 2.75) is 62.4 Å². The first-order valence-corrected chi connectivity index (χ1v) is 10.4. The fraction of sp³-hybridized carbons (Fsp3) is 0.611. The Kier molecular flexibility index (Phi) is 7.28. The molecule has 0 unspecified atom stereocenters. The Bertz CT molecular complexity index is 712. The Morgan fingerprint density at radius 3 is 2.27 bits per heavy atom. The van der Waals surface area contributed by atoms with Crippen LogP contribution in [0.3, 0.4) is 0 Å². The third-order valence-corrected chi connectivity index (χ3v) is 6.13. The molecule has 1 fully saturated rings. The van der Waals surface area contributed by atoms with Crippen LogP contribution in [0.2, 0.25) is 0 Å². The number of carbonyl (C=O) groups excluding carboxylic acids is 1. The summed E-state index contributed by atoms with van der Waals surface area (Å²) in [6, 6.07) is 3.56. The van der Waals surface area contributed by atoms with E-state index >= 15 is 0 Å². The Balaban J connectivity index is 2.04. The van der Waals surface area contributed by atoms with Crippen LogP contribution in [0.15, 0.2) is 23.1 Å². The smallest absolute Gasteiger partial charge is 0.241 e. The van der Waals surface area contributed by atoms with E-state index in [1.165, 1.54) is 45.3 Å². The summed E-state index contributed by atoms with van der Waals surface area (Å²) in [5.74, 6) is 0.442. The quantitative estimate of drug-likeness (QED) is 0.703. The summed E-state index contributed by atoms with van der Waals surface area (Å²) in [7, 11) is -0.945. The number of amides is 1. The first-order chi connectivity index (χ1) is 12.4. The summed E-state index contributed by atoms with van der Waals surface area (Å²) in [5, 5.41) is 2.96. The van der Waals surface area contributed by atoms with E-state index in [1.54, 1.807) is 6.92 Å². The van der Waals surface area contributed by atoms with Crippen LogP contribution in [-0.4, -0.2) is 40.6 Å². The highest BCUT2D eigenvalue weighted by Gasteiger charge is 2.25. The van der Waals surface area contributed by atoms with Crippen LogP contribution < -0.4 is 19.5 Å². The van der Waals surface area contributed by atoms with Crippen molar-refractivity contribution in [1.82, 2.24) is 10.0 Å². The predicted molar refractivity (Wildman–Crippen MR) is 99.0 cm³/mol. The number of carbonyl (C=O) groups is 1. The van der Waals surface area contributed by atoms with Gasteiger partial charge in [0.25, 0.3) is 0 Å². The molecule has 0 bridgehead atoms. The number of sulfonamides is 1. The number of nitrogens with one attached hydrogen (secondary N) is 2. The molecule has 26 heavy (non-hydrogen) atoms. The Hall–Kier alpha value is -1.80. The number of rotatable bonds is 7. The van der Waals surface area contributed by atoms with E-state index in [9.17, 15) is 13.2 Å². The second-order valence-corrected chi connectivity index (χ2v) is 8.27. The van der Waals surface area contributed by atoms with Crippen molar-refractivity contribution < 1.29 is 22.7 Å². The molecule has 0 saturated heterocycles. The van der Waals surface area contributed by atoms with Gasteiger partial charge >= 0.3 is 0 Å². The first-order valence-electron chi connectivity index (χ1n) is 8.92. The molecule has 0 radical (unpaired) electrons. The van der Waals surface area contributed by atoms with Gasteiger partial charge in [-0.1, -0.05) is 25.7 Å². The third-order valence-electron chi connectivity index (χ3n) is 4.59. The number of hydrogen-bond donors (Lipinski definition) is 2. The maximum absolute atomic E-state index is 12.6. The van der Waals surface area contributed by atoms with Gasteiger partial charge in [-0.05, 0) is 31.9 Å². The Morgan fingerprint density at radius 2 is 1.69 bits per heavy atom. The molecule has 0 aliphatic heterocycles. The monoisotopic (exact) mass is 384 g/mol. The van der Waals surface area contributed by atoms with Crippen molar-refractivity contribution in [1.29, 1.82) is 0 Å². The highest BCUT2D eigenvalue weighted by atomic mass is 32.2. The summed E-state index contributed by atoms with van der Waals surface area (Å²) < 4.78 is 37.8. The van der Waals surface area contributed by atoms with E-state index in [2.05, 4.69) is 10.0 Å². The number of benzene rings is 1. The lowest BCUT2D eigenvalue weighted by molar-refractivity contribution is -0.123. The van der Waals surface area contributed by atoms with Crippen molar-refractivity contribution >= 4 is 15.9 Å². The molecule has 8 heteroatoms. The van der Waals surface area contributed by atoms with Crippen LogP contribution in [0.4, 0.5) is 0 Å². The minimum absolute atomic E-state index is 0.0178. The van der Waals surface area contributed by atoms with Crippen LogP contribution in [-0.2, 0) is 14.8 Å². The van der Waals surface area contributed by atoms with Crippen molar-refractivity contribution in [3.63, 3.8) is 0 Å². The summed E-state index contributed by atoms with van der Waals surface area (Å²) in [6.45, 7) is 1.55. The van der Waals surface area contributed by atoms with Gasteiger partial charge in [0.15, 0.2) is 11.5 Å². The molecule has 0 aromatic heterocycles. The van der Waals surface area contributed by atoms with E-state index < -0.39 is 16.1 Å². The fourth-order valence-electron chi connectivity index (χ4n) is 3.09. The van der Waals surface area contributed by atoms with Gasteiger partial charge in [-0.25, -0.2) is 8.42 Å². The molecule has 0 heterocycles. The molecular formula is C18H28N2O5S. The van der Waals surface area contributed by atoms with Crippen molar-refractivity contribution in [2.24, 2.45) is 0 Å².